The number of hydrogen-bond donors (Lipinski definition) is 0. The Morgan fingerprint density at radius 1 is 0.762 bits per heavy atom. The SMILES string of the molecule is Cc1cnc2c(c1)C(c1ccccc1)c1cc(C)cnc1-2. The molecular formula is C19H16N2. The molecule has 0 atom stereocenters. The molecule has 0 aliphatic heterocycles. The van der Waals surface area contributed by atoms with Gasteiger partial charge < -0.3 is 0 Å². The molecule has 3 aromatic rings. The van der Waals surface area contributed by atoms with Gasteiger partial charge in [-0.2, -0.15) is 0 Å². The van der Waals surface area contributed by atoms with E-state index in [1.807, 2.05) is 12.4 Å². The van der Waals surface area contributed by atoms with Crippen LogP contribution < -0.4 is 0 Å². The van der Waals surface area contributed by atoms with Gasteiger partial charge in [-0.15, -0.1) is 0 Å². The molecule has 2 nitrogen and oxygen atoms in total. The molecule has 2 aromatic heterocycles. The maximum Gasteiger partial charge on any atom is 0.0931 e. The summed E-state index contributed by atoms with van der Waals surface area (Å²) in [5.74, 6) is 0.246. The molecule has 1 aromatic carbocycles. The van der Waals surface area contributed by atoms with E-state index < -0.39 is 0 Å². The first-order chi connectivity index (χ1) is 10.2. The molecule has 21 heavy (non-hydrogen) atoms. The fraction of sp³-hybridized carbons (Fsp3) is 0.158. The maximum absolute atomic E-state index is 4.64. The summed E-state index contributed by atoms with van der Waals surface area (Å²) >= 11 is 0. The molecule has 4 rings (SSSR count). The first-order valence-electron chi connectivity index (χ1n) is 7.22. The highest BCUT2D eigenvalue weighted by atomic mass is 14.8. The van der Waals surface area contributed by atoms with E-state index in [4.69, 9.17) is 0 Å². The molecule has 0 saturated heterocycles. The van der Waals surface area contributed by atoms with Crippen molar-refractivity contribution in [3.05, 3.63) is 82.7 Å². The Labute approximate surface area is 124 Å². The highest BCUT2D eigenvalue weighted by molar-refractivity contribution is 5.75. The average Bonchev–Trinajstić information content (AvgIpc) is 2.80. The molecule has 0 saturated carbocycles. The fourth-order valence-corrected chi connectivity index (χ4v) is 3.19. The van der Waals surface area contributed by atoms with Gasteiger partial charge in [0.25, 0.3) is 0 Å². The number of rotatable bonds is 1. The van der Waals surface area contributed by atoms with Gasteiger partial charge >= 0.3 is 0 Å². The Bertz CT molecular complexity index is 771. The summed E-state index contributed by atoms with van der Waals surface area (Å²) in [5.41, 5.74) is 8.30. The number of nitrogens with zero attached hydrogens (tertiary/aromatic N) is 2. The summed E-state index contributed by atoms with van der Waals surface area (Å²) in [5, 5.41) is 0. The van der Waals surface area contributed by atoms with Gasteiger partial charge in [0.1, 0.15) is 0 Å². The lowest BCUT2D eigenvalue weighted by Crippen LogP contribution is -2.00. The molecule has 102 valence electrons. The molecule has 0 N–H and O–H groups in total. The van der Waals surface area contributed by atoms with Gasteiger partial charge in [-0.3, -0.25) is 9.97 Å². The van der Waals surface area contributed by atoms with Crippen LogP contribution in [0.15, 0.2) is 54.9 Å². The second-order valence-corrected chi connectivity index (χ2v) is 5.74. The van der Waals surface area contributed by atoms with Crippen LogP contribution in [-0.2, 0) is 0 Å². The molecule has 2 heteroatoms. The zero-order chi connectivity index (χ0) is 14.4. The molecule has 0 spiro atoms. The third-order valence-electron chi connectivity index (χ3n) is 4.09. The zero-order valence-electron chi connectivity index (χ0n) is 12.2. The molecule has 2 heterocycles. The van der Waals surface area contributed by atoms with E-state index in [9.17, 15) is 0 Å². The molecule has 1 aliphatic rings. The van der Waals surface area contributed by atoms with E-state index in [-0.39, 0.29) is 5.92 Å². The predicted molar refractivity (Wildman–Crippen MR) is 84.3 cm³/mol. The summed E-state index contributed by atoms with van der Waals surface area (Å²) in [6, 6.07) is 15.1. The Kier molecular flexibility index (Phi) is 2.64. The Balaban J connectivity index is 2.02. The van der Waals surface area contributed by atoms with Gasteiger partial charge in [0, 0.05) is 18.3 Å². The van der Waals surface area contributed by atoms with Crippen LogP contribution in [0.1, 0.15) is 33.7 Å². The summed E-state index contributed by atoms with van der Waals surface area (Å²) < 4.78 is 0. The van der Waals surface area contributed by atoms with E-state index in [0.29, 0.717) is 0 Å². The maximum atomic E-state index is 4.64. The predicted octanol–water partition coefficient (Wildman–Crippen LogP) is 4.25. The quantitative estimate of drug-likeness (QED) is 0.517. The van der Waals surface area contributed by atoms with Gasteiger partial charge in [0.2, 0.25) is 0 Å². The van der Waals surface area contributed by atoms with Crippen molar-refractivity contribution in [2.45, 2.75) is 19.8 Å². The fourth-order valence-electron chi connectivity index (χ4n) is 3.19. The minimum atomic E-state index is 0.246. The molecule has 0 amide bonds. The van der Waals surface area contributed by atoms with Crippen LogP contribution in [0.4, 0.5) is 0 Å². The van der Waals surface area contributed by atoms with Crippen molar-refractivity contribution in [3.63, 3.8) is 0 Å². The van der Waals surface area contributed by atoms with Gasteiger partial charge in [0.05, 0.1) is 11.4 Å². The number of pyridine rings is 2. The monoisotopic (exact) mass is 272 g/mol. The van der Waals surface area contributed by atoms with Crippen LogP contribution in [0.5, 0.6) is 0 Å². The van der Waals surface area contributed by atoms with Crippen LogP contribution in [0.2, 0.25) is 0 Å². The summed E-state index contributed by atoms with van der Waals surface area (Å²) in [6.07, 6.45) is 3.86. The van der Waals surface area contributed by atoms with Crippen LogP contribution in [0.3, 0.4) is 0 Å². The highest BCUT2D eigenvalue weighted by Crippen LogP contribution is 2.46. The van der Waals surface area contributed by atoms with Crippen molar-refractivity contribution in [2.24, 2.45) is 0 Å². The molecule has 0 radical (unpaired) electrons. The van der Waals surface area contributed by atoms with E-state index >= 15 is 0 Å². The normalized spacial score (nSPS) is 13.0. The third-order valence-corrected chi connectivity index (χ3v) is 4.09. The smallest absolute Gasteiger partial charge is 0.0931 e. The van der Waals surface area contributed by atoms with Gasteiger partial charge in [-0.05, 0) is 41.7 Å². The second-order valence-electron chi connectivity index (χ2n) is 5.74. The Hall–Kier alpha value is -2.48. The highest BCUT2D eigenvalue weighted by Gasteiger charge is 2.32. The van der Waals surface area contributed by atoms with E-state index in [0.717, 1.165) is 11.4 Å². The lowest BCUT2D eigenvalue weighted by atomic mass is 9.89. The largest absolute Gasteiger partial charge is 0.254 e. The minimum absolute atomic E-state index is 0.246. The van der Waals surface area contributed by atoms with Crippen LogP contribution >= 0.6 is 0 Å². The van der Waals surface area contributed by atoms with E-state index in [1.165, 1.54) is 27.8 Å². The number of hydrogen-bond acceptors (Lipinski definition) is 2. The Morgan fingerprint density at radius 3 is 1.81 bits per heavy atom. The molecular weight excluding hydrogens is 256 g/mol. The number of aryl methyl sites for hydroxylation is 2. The minimum Gasteiger partial charge on any atom is -0.254 e. The lowest BCUT2D eigenvalue weighted by Gasteiger charge is -2.14. The van der Waals surface area contributed by atoms with Crippen LogP contribution in [-0.4, -0.2) is 9.97 Å². The standard InChI is InChI=1S/C19H16N2/c1-12-8-15-17(14-6-4-3-5-7-14)16-9-13(2)11-21-19(16)18(15)20-10-12/h3-11,17H,1-2H3. The topological polar surface area (TPSA) is 25.8 Å². The second kappa shape index (κ2) is 4.52. The lowest BCUT2D eigenvalue weighted by molar-refractivity contribution is 0.997. The first-order valence-corrected chi connectivity index (χ1v) is 7.22. The van der Waals surface area contributed by atoms with E-state index in [2.05, 4.69) is 66.3 Å². The van der Waals surface area contributed by atoms with Crippen LogP contribution in [0.25, 0.3) is 11.4 Å². The molecule has 0 unspecified atom stereocenters. The summed E-state index contributed by atoms with van der Waals surface area (Å²) in [4.78, 5) is 9.29. The number of aromatic nitrogens is 2. The Morgan fingerprint density at radius 2 is 1.29 bits per heavy atom. The number of benzene rings is 1. The van der Waals surface area contributed by atoms with Gasteiger partial charge in [-0.1, -0.05) is 42.5 Å². The van der Waals surface area contributed by atoms with Crippen molar-refractivity contribution >= 4 is 0 Å². The number of fused-ring (bicyclic) bond motifs is 3. The third kappa shape index (κ3) is 1.87. The van der Waals surface area contributed by atoms with E-state index in [1.54, 1.807) is 0 Å². The van der Waals surface area contributed by atoms with Crippen molar-refractivity contribution in [1.29, 1.82) is 0 Å². The van der Waals surface area contributed by atoms with Crippen LogP contribution in [0, 0.1) is 13.8 Å². The molecule has 0 bridgehead atoms. The zero-order valence-corrected chi connectivity index (χ0v) is 12.2. The molecule has 1 aliphatic carbocycles. The van der Waals surface area contributed by atoms with Crippen molar-refractivity contribution < 1.29 is 0 Å². The average molecular weight is 272 g/mol. The van der Waals surface area contributed by atoms with Gasteiger partial charge in [-0.25, -0.2) is 0 Å². The van der Waals surface area contributed by atoms with Gasteiger partial charge in [0.15, 0.2) is 0 Å². The summed E-state index contributed by atoms with van der Waals surface area (Å²) in [7, 11) is 0. The molecule has 0 fully saturated rings. The van der Waals surface area contributed by atoms with Crippen molar-refractivity contribution in [3.8, 4) is 11.4 Å². The van der Waals surface area contributed by atoms with Crippen molar-refractivity contribution in [1.82, 2.24) is 9.97 Å². The first kappa shape index (κ1) is 12.3. The van der Waals surface area contributed by atoms with Crippen molar-refractivity contribution in [2.75, 3.05) is 0 Å². The summed E-state index contributed by atoms with van der Waals surface area (Å²) in [6.45, 7) is 4.19.